The van der Waals surface area contributed by atoms with Crippen LogP contribution >= 0.6 is 0 Å². The molecule has 0 aliphatic rings. The van der Waals surface area contributed by atoms with Gasteiger partial charge in [-0.3, -0.25) is 4.55 Å². The van der Waals surface area contributed by atoms with Crippen LogP contribution < -0.4 is 4.90 Å². The molecule has 3 aromatic rings. The summed E-state index contributed by atoms with van der Waals surface area (Å²) in [6.07, 6.45) is 0. The highest BCUT2D eigenvalue weighted by atomic mass is 32.2. The third kappa shape index (κ3) is 4.38. The first-order valence-electron chi connectivity index (χ1n) is 8.86. The van der Waals surface area contributed by atoms with Gasteiger partial charge < -0.3 is 4.90 Å². The van der Waals surface area contributed by atoms with Gasteiger partial charge in [-0.2, -0.15) is 8.42 Å². The van der Waals surface area contributed by atoms with Gasteiger partial charge in [0.1, 0.15) is 4.90 Å². The summed E-state index contributed by atoms with van der Waals surface area (Å²) in [6.45, 7) is 5.42. The van der Waals surface area contributed by atoms with Crippen LogP contribution in [-0.4, -0.2) is 19.5 Å². The summed E-state index contributed by atoms with van der Waals surface area (Å²) in [7, 11) is -4.34. The first kappa shape index (κ1) is 19.1. The number of hydrogen-bond donors (Lipinski definition) is 1. The van der Waals surface area contributed by atoms with Gasteiger partial charge in [0.15, 0.2) is 0 Å². The fourth-order valence-corrected chi connectivity index (χ4v) is 4.03. The Morgan fingerprint density at radius 3 is 2.26 bits per heavy atom. The van der Waals surface area contributed by atoms with Gasteiger partial charge in [-0.25, -0.2) is 0 Å². The zero-order valence-corrected chi connectivity index (χ0v) is 16.3. The van der Waals surface area contributed by atoms with Crippen molar-refractivity contribution in [3.8, 4) is 11.1 Å². The third-order valence-electron chi connectivity index (χ3n) is 4.56. The van der Waals surface area contributed by atoms with Crippen LogP contribution in [0.1, 0.15) is 18.1 Å². The average Bonchev–Trinajstić information content (AvgIpc) is 2.66. The number of hydrogen-bond acceptors (Lipinski definition) is 3. The number of benzene rings is 3. The second-order valence-corrected chi connectivity index (χ2v) is 7.87. The van der Waals surface area contributed by atoms with E-state index in [-0.39, 0.29) is 4.90 Å². The van der Waals surface area contributed by atoms with Crippen LogP contribution in [0, 0.1) is 6.92 Å². The molecule has 0 aliphatic heterocycles. The first-order chi connectivity index (χ1) is 12.9. The molecule has 0 atom stereocenters. The molecule has 0 saturated carbocycles. The van der Waals surface area contributed by atoms with Crippen molar-refractivity contribution in [3.63, 3.8) is 0 Å². The maximum atomic E-state index is 12.0. The highest BCUT2D eigenvalue weighted by molar-refractivity contribution is 7.86. The first-order valence-corrected chi connectivity index (χ1v) is 10.3. The Morgan fingerprint density at radius 2 is 1.63 bits per heavy atom. The molecule has 0 amide bonds. The van der Waals surface area contributed by atoms with Crippen molar-refractivity contribution < 1.29 is 13.0 Å². The molecule has 4 nitrogen and oxygen atoms in total. The molecule has 27 heavy (non-hydrogen) atoms. The predicted octanol–water partition coefficient (Wildman–Crippen LogP) is 4.94. The van der Waals surface area contributed by atoms with Crippen LogP contribution in [0.2, 0.25) is 0 Å². The lowest BCUT2D eigenvalue weighted by atomic mass is 9.99. The second kappa shape index (κ2) is 7.94. The van der Waals surface area contributed by atoms with Crippen molar-refractivity contribution in [3.05, 3.63) is 83.9 Å². The van der Waals surface area contributed by atoms with E-state index in [1.807, 2.05) is 61.5 Å². The number of nitrogens with zero attached hydrogens (tertiary/aromatic N) is 1. The highest BCUT2D eigenvalue weighted by Gasteiger charge is 2.20. The number of rotatable bonds is 6. The van der Waals surface area contributed by atoms with Crippen molar-refractivity contribution >= 4 is 15.8 Å². The second-order valence-electron chi connectivity index (χ2n) is 6.48. The van der Waals surface area contributed by atoms with Gasteiger partial charge in [-0.15, -0.1) is 0 Å². The molecule has 140 valence electrons. The number of anilines is 1. The fraction of sp³-hybridized carbons (Fsp3) is 0.182. The summed E-state index contributed by atoms with van der Waals surface area (Å²) < 4.78 is 33.7. The van der Waals surface area contributed by atoms with Crippen molar-refractivity contribution in [1.29, 1.82) is 0 Å². The zero-order chi connectivity index (χ0) is 19.4. The summed E-state index contributed by atoms with van der Waals surface area (Å²) in [5.74, 6) is 0. The summed E-state index contributed by atoms with van der Waals surface area (Å²) in [4.78, 5) is 2.12. The Kier molecular flexibility index (Phi) is 5.63. The van der Waals surface area contributed by atoms with Crippen LogP contribution in [-0.2, 0) is 16.7 Å². The molecule has 0 aliphatic carbocycles. The topological polar surface area (TPSA) is 57.6 Å². The Balaban J connectivity index is 2.12. The molecule has 0 fully saturated rings. The summed E-state index contributed by atoms with van der Waals surface area (Å²) >= 11 is 0. The summed E-state index contributed by atoms with van der Waals surface area (Å²) in [5.41, 5.74) is 4.40. The zero-order valence-electron chi connectivity index (χ0n) is 15.5. The van der Waals surface area contributed by atoms with Crippen molar-refractivity contribution in [2.45, 2.75) is 25.3 Å². The molecular weight excluding hydrogens is 358 g/mol. The molecule has 3 aromatic carbocycles. The van der Waals surface area contributed by atoms with E-state index < -0.39 is 10.1 Å². The quantitative estimate of drug-likeness (QED) is 0.615. The molecular formula is C22H23NO3S. The Labute approximate surface area is 160 Å². The highest BCUT2D eigenvalue weighted by Crippen LogP contribution is 2.32. The van der Waals surface area contributed by atoms with Crippen LogP contribution in [0.25, 0.3) is 11.1 Å². The molecule has 0 heterocycles. The van der Waals surface area contributed by atoms with Crippen molar-refractivity contribution in [2.75, 3.05) is 11.4 Å². The SMILES string of the molecule is CCN(Cc1cccc(S(=O)(=O)O)c1-c1ccccc1)c1cccc(C)c1. The van der Waals surface area contributed by atoms with Crippen LogP contribution in [0.5, 0.6) is 0 Å². The van der Waals surface area contributed by atoms with Gasteiger partial charge in [0.05, 0.1) is 0 Å². The molecule has 3 rings (SSSR count). The van der Waals surface area contributed by atoms with E-state index >= 15 is 0 Å². The van der Waals surface area contributed by atoms with E-state index in [4.69, 9.17) is 0 Å². The lowest BCUT2D eigenvalue weighted by molar-refractivity contribution is 0.483. The molecule has 0 saturated heterocycles. The molecule has 0 radical (unpaired) electrons. The Hall–Kier alpha value is -2.63. The third-order valence-corrected chi connectivity index (χ3v) is 5.46. The van der Waals surface area contributed by atoms with Crippen LogP contribution in [0.4, 0.5) is 5.69 Å². The lowest BCUT2D eigenvalue weighted by Crippen LogP contribution is -2.22. The van der Waals surface area contributed by atoms with E-state index in [0.717, 1.165) is 23.4 Å². The lowest BCUT2D eigenvalue weighted by Gasteiger charge is -2.25. The van der Waals surface area contributed by atoms with Gasteiger partial charge >= 0.3 is 0 Å². The van der Waals surface area contributed by atoms with E-state index in [0.29, 0.717) is 12.1 Å². The normalized spacial score (nSPS) is 11.4. The molecule has 0 aromatic heterocycles. The molecule has 0 unspecified atom stereocenters. The fourth-order valence-electron chi connectivity index (χ4n) is 3.27. The standard InChI is InChI=1S/C22H23NO3S/c1-3-23(20-13-7-9-17(2)15-20)16-19-12-8-14-21(27(24,25)26)22(19)18-10-5-4-6-11-18/h4-15H,3,16H2,1-2H3,(H,24,25,26). The van der Waals surface area contributed by atoms with Crippen LogP contribution in [0.3, 0.4) is 0 Å². The van der Waals surface area contributed by atoms with Crippen molar-refractivity contribution in [2.24, 2.45) is 0 Å². The summed E-state index contributed by atoms with van der Waals surface area (Å²) in [6, 6.07) is 22.6. The summed E-state index contributed by atoms with van der Waals surface area (Å²) in [5, 5.41) is 0. The van der Waals surface area contributed by atoms with Crippen LogP contribution in [0.15, 0.2) is 77.7 Å². The molecule has 1 N–H and O–H groups in total. The minimum absolute atomic E-state index is 0.0634. The van der Waals surface area contributed by atoms with E-state index in [1.165, 1.54) is 11.6 Å². The largest absolute Gasteiger partial charge is 0.367 e. The van der Waals surface area contributed by atoms with Gasteiger partial charge in [-0.1, -0.05) is 54.6 Å². The van der Waals surface area contributed by atoms with E-state index in [1.54, 1.807) is 6.07 Å². The number of aryl methyl sites for hydroxylation is 1. The predicted molar refractivity (Wildman–Crippen MR) is 110 cm³/mol. The van der Waals surface area contributed by atoms with E-state index in [2.05, 4.69) is 17.9 Å². The van der Waals surface area contributed by atoms with Crippen molar-refractivity contribution in [1.82, 2.24) is 0 Å². The molecule has 0 bridgehead atoms. The molecule has 5 heteroatoms. The Morgan fingerprint density at radius 1 is 0.926 bits per heavy atom. The Bertz CT molecular complexity index is 1030. The van der Waals surface area contributed by atoms with Gasteiger partial charge in [-0.05, 0) is 48.7 Å². The van der Waals surface area contributed by atoms with Gasteiger partial charge in [0.25, 0.3) is 10.1 Å². The van der Waals surface area contributed by atoms with E-state index in [9.17, 15) is 13.0 Å². The minimum atomic E-state index is -4.34. The molecule has 0 spiro atoms. The average molecular weight is 381 g/mol. The maximum Gasteiger partial charge on any atom is 0.295 e. The minimum Gasteiger partial charge on any atom is -0.367 e. The monoisotopic (exact) mass is 381 g/mol. The van der Waals surface area contributed by atoms with Gasteiger partial charge in [0, 0.05) is 24.3 Å². The smallest absolute Gasteiger partial charge is 0.295 e. The van der Waals surface area contributed by atoms with Gasteiger partial charge in [0.2, 0.25) is 0 Å². The maximum absolute atomic E-state index is 12.0.